The second kappa shape index (κ2) is 7.77. The summed E-state index contributed by atoms with van der Waals surface area (Å²) in [4.78, 5) is 0.207. The van der Waals surface area contributed by atoms with E-state index in [0.717, 1.165) is 11.1 Å². The van der Waals surface area contributed by atoms with Crippen LogP contribution in [0, 0.1) is 13.8 Å². The molecule has 0 aliphatic rings. The van der Waals surface area contributed by atoms with E-state index in [1.54, 1.807) is 12.1 Å². The molecule has 0 saturated carbocycles. The Morgan fingerprint density at radius 1 is 1.19 bits per heavy atom. The lowest BCUT2D eigenvalue weighted by atomic mass is 10.1. The molecule has 0 spiro atoms. The fourth-order valence-electron chi connectivity index (χ4n) is 2.11. The molecule has 0 radical (unpaired) electrons. The summed E-state index contributed by atoms with van der Waals surface area (Å²) in [6.07, 6.45) is 1.23. The monoisotopic (exact) mass is 315 g/mol. The Morgan fingerprint density at radius 2 is 1.81 bits per heavy atom. The topological polar surface area (TPSA) is 66.8 Å². The Hall–Kier alpha value is -1.11. The van der Waals surface area contributed by atoms with E-state index in [2.05, 4.69) is 0 Å². The molecule has 0 fully saturated rings. The van der Waals surface area contributed by atoms with Gasteiger partial charge in [-0.15, -0.1) is 0 Å². The van der Waals surface area contributed by atoms with Gasteiger partial charge >= 0.3 is 0 Å². The molecule has 21 heavy (non-hydrogen) atoms. The standard InChI is InChI=1S/C15H25NO4S/c1-5-16(8-6-7-9-17)21(18,19)15-11-13(3)12(2)10-14(15)20-4/h10-11,17H,5-9H2,1-4H3. The third-order valence-corrected chi connectivity index (χ3v) is 5.56. The Kier molecular flexibility index (Phi) is 6.64. The summed E-state index contributed by atoms with van der Waals surface area (Å²) < 4.78 is 32.2. The van der Waals surface area contributed by atoms with Gasteiger partial charge in [0.15, 0.2) is 0 Å². The molecule has 0 unspecified atom stereocenters. The third kappa shape index (κ3) is 4.18. The van der Waals surface area contributed by atoms with Crippen molar-refractivity contribution in [3.8, 4) is 5.75 Å². The Bertz CT molecular complexity index is 569. The van der Waals surface area contributed by atoms with E-state index in [1.165, 1.54) is 11.4 Å². The summed E-state index contributed by atoms with van der Waals surface area (Å²) in [5.74, 6) is 0.374. The molecule has 0 aliphatic heterocycles. The number of aliphatic hydroxyl groups is 1. The van der Waals surface area contributed by atoms with Gasteiger partial charge in [-0.2, -0.15) is 4.31 Å². The van der Waals surface area contributed by atoms with Gasteiger partial charge < -0.3 is 9.84 Å². The smallest absolute Gasteiger partial charge is 0.246 e. The predicted molar refractivity (Wildman–Crippen MR) is 83.2 cm³/mol. The molecule has 1 aromatic rings. The minimum Gasteiger partial charge on any atom is -0.495 e. The Labute approximate surface area is 127 Å². The quantitative estimate of drug-likeness (QED) is 0.746. The van der Waals surface area contributed by atoms with Crippen LogP contribution in [0.1, 0.15) is 30.9 Å². The number of nitrogens with zero attached hydrogens (tertiary/aromatic N) is 1. The highest BCUT2D eigenvalue weighted by molar-refractivity contribution is 7.89. The zero-order valence-corrected chi connectivity index (χ0v) is 14.0. The molecule has 0 atom stereocenters. The van der Waals surface area contributed by atoms with E-state index in [0.29, 0.717) is 31.7 Å². The first kappa shape index (κ1) is 17.9. The van der Waals surface area contributed by atoms with Crippen LogP contribution in [0.4, 0.5) is 0 Å². The molecule has 0 aromatic heterocycles. The third-order valence-electron chi connectivity index (χ3n) is 3.57. The SMILES string of the molecule is CCN(CCCCO)S(=O)(=O)c1cc(C)c(C)cc1OC. The first-order chi connectivity index (χ1) is 9.88. The van der Waals surface area contributed by atoms with Gasteiger partial charge in [0.1, 0.15) is 10.6 Å². The Morgan fingerprint density at radius 3 is 2.33 bits per heavy atom. The number of unbranched alkanes of at least 4 members (excludes halogenated alkanes) is 1. The van der Waals surface area contributed by atoms with Crippen LogP contribution < -0.4 is 4.74 Å². The highest BCUT2D eigenvalue weighted by atomic mass is 32.2. The Balaban J connectivity index is 3.19. The molecule has 0 bridgehead atoms. The summed E-state index contributed by atoms with van der Waals surface area (Å²) in [5, 5.41) is 8.83. The molecule has 0 heterocycles. The minimum absolute atomic E-state index is 0.0740. The lowest BCUT2D eigenvalue weighted by Gasteiger charge is -2.22. The van der Waals surface area contributed by atoms with Crippen molar-refractivity contribution in [2.75, 3.05) is 26.8 Å². The van der Waals surface area contributed by atoms with Crippen molar-refractivity contribution >= 4 is 10.0 Å². The first-order valence-electron chi connectivity index (χ1n) is 7.14. The molecule has 1 N–H and O–H groups in total. The van der Waals surface area contributed by atoms with Crippen LogP contribution in [0.3, 0.4) is 0 Å². The highest BCUT2D eigenvalue weighted by Crippen LogP contribution is 2.29. The van der Waals surface area contributed by atoms with Crippen LogP contribution in [-0.2, 0) is 10.0 Å². The van der Waals surface area contributed by atoms with Crippen molar-refractivity contribution in [2.24, 2.45) is 0 Å². The number of methoxy groups -OCH3 is 1. The number of aliphatic hydroxyl groups excluding tert-OH is 1. The second-order valence-electron chi connectivity index (χ2n) is 5.01. The molecular formula is C15H25NO4S. The molecule has 0 amide bonds. The molecule has 120 valence electrons. The van der Waals surface area contributed by atoms with Crippen molar-refractivity contribution in [2.45, 2.75) is 38.5 Å². The summed E-state index contributed by atoms with van der Waals surface area (Å²) in [6.45, 7) is 6.48. The van der Waals surface area contributed by atoms with Crippen LogP contribution in [-0.4, -0.2) is 44.6 Å². The molecule has 5 nitrogen and oxygen atoms in total. The molecule has 1 rings (SSSR count). The average molecular weight is 315 g/mol. The van der Waals surface area contributed by atoms with Crippen LogP contribution in [0.2, 0.25) is 0 Å². The van der Waals surface area contributed by atoms with Gasteiger partial charge in [0.05, 0.1) is 7.11 Å². The molecule has 0 aliphatic carbocycles. The van der Waals surface area contributed by atoms with E-state index in [-0.39, 0.29) is 11.5 Å². The second-order valence-corrected chi connectivity index (χ2v) is 6.92. The van der Waals surface area contributed by atoms with E-state index < -0.39 is 10.0 Å². The number of ether oxygens (including phenoxy) is 1. The first-order valence-corrected chi connectivity index (χ1v) is 8.58. The van der Waals surface area contributed by atoms with Gasteiger partial charge in [-0.1, -0.05) is 6.92 Å². The van der Waals surface area contributed by atoms with Crippen molar-refractivity contribution in [1.82, 2.24) is 4.31 Å². The van der Waals surface area contributed by atoms with Crippen LogP contribution in [0.25, 0.3) is 0 Å². The van der Waals surface area contributed by atoms with E-state index >= 15 is 0 Å². The van der Waals surface area contributed by atoms with Gasteiger partial charge in [-0.25, -0.2) is 8.42 Å². The summed E-state index contributed by atoms with van der Waals surface area (Å²) in [7, 11) is -2.11. The zero-order valence-electron chi connectivity index (χ0n) is 13.2. The van der Waals surface area contributed by atoms with Crippen LogP contribution in [0.5, 0.6) is 5.75 Å². The number of hydrogen-bond donors (Lipinski definition) is 1. The minimum atomic E-state index is -3.59. The van der Waals surface area contributed by atoms with Gasteiger partial charge in [-0.05, 0) is 49.9 Å². The molecule has 6 heteroatoms. The maximum Gasteiger partial charge on any atom is 0.246 e. The fourth-order valence-corrected chi connectivity index (χ4v) is 3.82. The normalized spacial score (nSPS) is 11.9. The van der Waals surface area contributed by atoms with Crippen LogP contribution >= 0.6 is 0 Å². The van der Waals surface area contributed by atoms with Crippen molar-refractivity contribution in [1.29, 1.82) is 0 Å². The summed E-state index contributed by atoms with van der Waals surface area (Å²) >= 11 is 0. The van der Waals surface area contributed by atoms with E-state index in [1.807, 2.05) is 20.8 Å². The van der Waals surface area contributed by atoms with Gasteiger partial charge in [0.25, 0.3) is 0 Å². The van der Waals surface area contributed by atoms with Crippen LogP contribution in [0.15, 0.2) is 17.0 Å². The number of benzene rings is 1. The van der Waals surface area contributed by atoms with Crippen molar-refractivity contribution < 1.29 is 18.3 Å². The maximum atomic E-state index is 12.8. The highest BCUT2D eigenvalue weighted by Gasteiger charge is 2.26. The molecule has 0 saturated heterocycles. The largest absolute Gasteiger partial charge is 0.495 e. The average Bonchev–Trinajstić information content (AvgIpc) is 2.45. The number of rotatable bonds is 8. The zero-order chi connectivity index (χ0) is 16.0. The van der Waals surface area contributed by atoms with E-state index in [4.69, 9.17) is 9.84 Å². The van der Waals surface area contributed by atoms with E-state index in [9.17, 15) is 8.42 Å². The number of sulfonamides is 1. The summed E-state index contributed by atoms with van der Waals surface area (Å²) in [6, 6.07) is 3.42. The van der Waals surface area contributed by atoms with Gasteiger partial charge in [0.2, 0.25) is 10.0 Å². The molecular weight excluding hydrogens is 290 g/mol. The van der Waals surface area contributed by atoms with Crippen molar-refractivity contribution in [3.63, 3.8) is 0 Å². The number of hydrogen-bond acceptors (Lipinski definition) is 4. The fraction of sp³-hybridized carbons (Fsp3) is 0.600. The lowest BCUT2D eigenvalue weighted by molar-refractivity contribution is 0.277. The predicted octanol–water partition coefficient (Wildman–Crippen LogP) is 2.10. The van der Waals surface area contributed by atoms with Gasteiger partial charge in [0, 0.05) is 19.7 Å². The lowest BCUT2D eigenvalue weighted by Crippen LogP contribution is -2.32. The molecule has 1 aromatic carbocycles. The maximum absolute atomic E-state index is 12.8. The summed E-state index contributed by atoms with van der Waals surface area (Å²) in [5.41, 5.74) is 1.91. The van der Waals surface area contributed by atoms with Gasteiger partial charge in [-0.3, -0.25) is 0 Å². The number of aryl methyl sites for hydroxylation is 2. The van der Waals surface area contributed by atoms with Crippen molar-refractivity contribution in [3.05, 3.63) is 23.3 Å².